The van der Waals surface area contributed by atoms with Crippen molar-refractivity contribution in [1.29, 1.82) is 0 Å². The highest BCUT2D eigenvalue weighted by atomic mass is 14.1. The van der Waals surface area contributed by atoms with E-state index < -0.39 is 0 Å². The largest absolute Gasteiger partial charge is 0.103 e. The zero-order valence-corrected chi connectivity index (χ0v) is 15.0. The van der Waals surface area contributed by atoms with Gasteiger partial charge in [0.15, 0.2) is 0 Å². The molecule has 0 fully saturated rings. The first-order chi connectivity index (χ1) is 11.7. The molecular formula is C24H28. The van der Waals surface area contributed by atoms with Crippen LogP contribution >= 0.6 is 0 Å². The SMILES string of the molecule is C=CCc1ccc(C(CC)=C(CC)c2ccc(CC=C)cc2)cc1. The van der Waals surface area contributed by atoms with Crippen LogP contribution in [0.5, 0.6) is 0 Å². The third-order valence-corrected chi connectivity index (χ3v) is 4.44. The second kappa shape index (κ2) is 9.08. The van der Waals surface area contributed by atoms with Crippen molar-refractivity contribution >= 4 is 11.1 Å². The quantitative estimate of drug-likeness (QED) is 0.368. The first kappa shape index (κ1) is 18.0. The Balaban J connectivity index is 2.40. The van der Waals surface area contributed by atoms with Crippen LogP contribution in [0.3, 0.4) is 0 Å². The first-order valence-electron chi connectivity index (χ1n) is 8.85. The Labute approximate surface area is 147 Å². The molecule has 0 unspecified atom stereocenters. The molecule has 0 bridgehead atoms. The van der Waals surface area contributed by atoms with Crippen LogP contribution in [0.4, 0.5) is 0 Å². The van der Waals surface area contributed by atoms with Gasteiger partial charge in [-0.3, -0.25) is 0 Å². The van der Waals surface area contributed by atoms with Gasteiger partial charge < -0.3 is 0 Å². The highest BCUT2D eigenvalue weighted by Crippen LogP contribution is 2.31. The van der Waals surface area contributed by atoms with Crippen molar-refractivity contribution in [1.82, 2.24) is 0 Å². The maximum Gasteiger partial charge on any atom is -0.0100 e. The van der Waals surface area contributed by atoms with Crippen molar-refractivity contribution in [3.8, 4) is 0 Å². The minimum absolute atomic E-state index is 0.927. The molecule has 0 nitrogen and oxygen atoms in total. The molecule has 0 aromatic heterocycles. The molecule has 0 N–H and O–H groups in total. The highest BCUT2D eigenvalue weighted by Gasteiger charge is 2.09. The summed E-state index contributed by atoms with van der Waals surface area (Å²) in [6.07, 6.45) is 7.84. The van der Waals surface area contributed by atoms with E-state index in [2.05, 4.69) is 75.5 Å². The molecule has 24 heavy (non-hydrogen) atoms. The fourth-order valence-corrected chi connectivity index (χ4v) is 3.20. The summed E-state index contributed by atoms with van der Waals surface area (Å²) in [5.41, 5.74) is 8.18. The molecule has 0 aliphatic heterocycles. The maximum atomic E-state index is 3.82. The van der Waals surface area contributed by atoms with Gasteiger partial charge in [0, 0.05) is 0 Å². The zero-order valence-electron chi connectivity index (χ0n) is 15.0. The fourth-order valence-electron chi connectivity index (χ4n) is 3.20. The molecule has 0 amide bonds. The van der Waals surface area contributed by atoms with Crippen LogP contribution in [0, 0.1) is 0 Å². The van der Waals surface area contributed by atoms with Gasteiger partial charge in [0.2, 0.25) is 0 Å². The van der Waals surface area contributed by atoms with E-state index in [9.17, 15) is 0 Å². The molecule has 0 heterocycles. The molecule has 0 aliphatic rings. The van der Waals surface area contributed by atoms with Crippen LogP contribution in [0.2, 0.25) is 0 Å². The van der Waals surface area contributed by atoms with Gasteiger partial charge in [0.05, 0.1) is 0 Å². The summed E-state index contributed by atoms with van der Waals surface area (Å²) < 4.78 is 0. The van der Waals surface area contributed by atoms with Gasteiger partial charge in [-0.25, -0.2) is 0 Å². The molecule has 0 atom stereocenters. The standard InChI is InChI=1S/C24H28/c1-5-9-19-11-15-21(16-12-19)23(7-3)24(8-4)22-17-13-20(10-6-2)14-18-22/h5-6,11-18H,1-2,7-10H2,3-4H3. The molecule has 124 valence electrons. The predicted molar refractivity (Wildman–Crippen MR) is 108 cm³/mol. The van der Waals surface area contributed by atoms with Crippen LogP contribution in [0.1, 0.15) is 48.9 Å². The highest BCUT2D eigenvalue weighted by molar-refractivity contribution is 5.90. The van der Waals surface area contributed by atoms with Gasteiger partial charge in [0.25, 0.3) is 0 Å². The van der Waals surface area contributed by atoms with Crippen LogP contribution in [0.25, 0.3) is 11.1 Å². The number of hydrogen-bond donors (Lipinski definition) is 0. The Kier molecular flexibility index (Phi) is 6.81. The van der Waals surface area contributed by atoms with Crippen LogP contribution in [-0.4, -0.2) is 0 Å². The monoisotopic (exact) mass is 316 g/mol. The summed E-state index contributed by atoms with van der Waals surface area (Å²) in [4.78, 5) is 0. The molecule has 0 aliphatic carbocycles. The zero-order chi connectivity index (χ0) is 17.4. The average Bonchev–Trinajstić information content (AvgIpc) is 2.62. The van der Waals surface area contributed by atoms with Gasteiger partial charge in [-0.2, -0.15) is 0 Å². The molecule has 2 rings (SSSR count). The Morgan fingerprint density at radius 3 is 1.25 bits per heavy atom. The van der Waals surface area contributed by atoms with Gasteiger partial charge in [0.1, 0.15) is 0 Å². The van der Waals surface area contributed by atoms with Crippen LogP contribution in [-0.2, 0) is 12.8 Å². The second-order valence-corrected chi connectivity index (χ2v) is 6.04. The number of benzene rings is 2. The summed E-state index contributed by atoms with van der Waals surface area (Å²) in [7, 11) is 0. The van der Waals surface area contributed by atoms with E-state index in [4.69, 9.17) is 0 Å². The smallest absolute Gasteiger partial charge is 0.0100 e. The molecule has 0 saturated heterocycles. The Morgan fingerprint density at radius 1 is 0.667 bits per heavy atom. The topological polar surface area (TPSA) is 0 Å². The predicted octanol–water partition coefficient (Wildman–Crippen LogP) is 6.87. The summed E-state index contributed by atoms with van der Waals surface area (Å²) in [5.74, 6) is 0. The molecule has 0 spiro atoms. The number of hydrogen-bond acceptors (Lipinski definition) is 0. The lowest BCUT2D eigenvalue weighted by molar-refractivity contribution is 1.18. The summed E-state index contributed by atoms with van der Waals surface area (Å²) in [6, 6.07) is 17.9. The average molecular weight is 316 g/mol. The Morgan fingerprint density at radius 2 is 1.00 bits per heavy atom. The minimum Gasteiger partial charge on any atom is -0.103 e. The van der Waals surface area contributed by atoms with Crippen molar-refractivity contribution in [2.45, 2.75) is 39.5 Å². The molecule has 0 heteroatoms. The lowest BCUT2D eigenvalue weighted by atomic mass is 9.90. The van der Waals surface area contributed by atoms with E-state index in [1.807, 2.05) is 12.2 Å². The van der Waals surface area contributed by atoms with E-state index >= 15 is 0 Å². The Bertz CT molecular complexity index is 633. The van der Waals surface area contributed by atoms with Crippen molar-refractivity contribution < 1.29 is 0 Å². The van der Waals surface area contributed by atoms with Crippen LogP contribution < -0.4 is 0 Å². The van der Waals surface area contributed by atoms with Crippen molar-refractivity contribution in [3.05, 3.63) is 96.1 Å². The normalized spacial score (nSPS) is 11.8. The van der Waals surface area contributed by atoms with Crippen molar-refractivity contribution in [3.63, 3.8) is 0 Å². The molecular weight excluding hydrogens is 288 g/mol. The Hall–Kier alpha value is -2.34. The van der Waals surface area contributed by atoms with E-state index in [1.54, 1.807) is 0 Å². The van der Waals surface area contributed by atoms with E-state index in [1.165, 1.54) is 33.4 Å². The molecule has 0 saturated carbocycles. The lowest BCUT2D eigenvalue weighted by Crippen LogP contribution is -1.93. The molecule has 0 radical (unpaired) electrons. The first-order valence-corrected chi connectivity index (χ1v) is 8.85. The van der Waals surface area contributed by atoms with Gasteiger partial charge in [-0.05, 0) is 59.1 Å². The van der Waals surface area contributed by atoms with Crippen molar-refractivity contribution in [2.75, 3.05) is 0 Å². The summed E-state index contributed by atoms with van der Waals surface area (Å²) in [6.45, 7) is 12.1. The second-order valence-electron chi connectivity index (χ2n) is 6.04. The maximum absolute atomic E-state index is 3.82. The third-order valence-electron chi connectivity index (χ3n) is 4.44. The van der Waals surface area contributed by atoms with E-state index in [-0.39, 0.29) is 0 Å². The van der Waals surface area contributed by atoms with Crippen LogP contribution in [0.15, 0.2) is 73.8 Å². The minimum atomic E-state index is 0.927. The molecule has 2 aromatic carbocycles. The summed E-state index contributed by atoms with van der Waals surface area (Å²) >= 11 is 0. The van der Waals surface area contributed by atoms with Gasteiger partial charge in [-0.15, -0.1) is 13.2 Å². The van der Waals surface area contributed by atoms with Gasteiger partial charge >= 0.3 is 0 Å². The summed E-state index contributed by atoms with van der Waals surface area (Å²) in [5, 5.41) is 0. The fraction of sp³-hybridized carbons (Fsp3) is 0.250. The number of rotatable bonds is 8. The van der Waals surface area contributed by atoms with E-state index in [0.717, 1.165) is 25.7 Å². The van der Waals surface area contributed by atoms with E-state index in [0.29, 0.717) is 0 Å². The lowest BCUT2D eigenvalue weighted by Gasteiger charge is -2.15. The third kappa shape index (κ3) is 4.35. The number of allylic oxidation sites excluding steroid dienone is 4. The van der Waals surface area contributed by atoms with Gasteiger partial charge in [-0.1, -0.05) is 74.5 Å². The van der Waals surface area contributed by atoms with Crippen molar-refractivity contribution in [2.24, 2.45) is 0 Å². The molecule has 2 aromatic rings.